The summed E-state index contributed by atoms with van der Waals surface area (Å²) in [5.41, 5.74) is 1.93. The number of carbonyl (C=O) groups excluding carboxylic acids is 1. The molecule has 3 aromatic heterocycles. The molecule has 0 saturated carbocycles. The Morgan fingerprint density at radius 2 is 1.72 bits per heavy atom. The van der Waals surface area contributed by atoms with Crippen LogP contribution in [0.25, 0.3) is 31.7 Å². The fourth-order valence-electron chi connectivity index (χ4n) is 3.45. The van der Waals surface area contributed by atoms with Gasteiger partial charge in [0.2, 0.25) is 0 Å². The Hall–Kier alpha value is -3.71. The van der Waals surface area contributed by atoms with E-state index >= 15 is 0 Å². The van der Waals surface area contributed by atoms with Crippen LogP contribution >= 0.6 is 22.7 Å². The molecule has 5 rings (SSSR count). The molecule has 3 heterocycles. The second kappa shape index (κ2) is 6.72. The van der Waals surface area contributed by atoms with Gasteiger partial charge in [-0.25, -0.2) is 0 Å². The van der Waals surface area contributed by atoms with Crippen LogP contribution in [0, 0.1) is 22.7 Å². The van der Waals surface area contributed by atoms with Gasteiger partial charge < -0.3 is 4.42 Å². The van der Waals surface area contributed by atoms with Crippen molar-refractivity contribution in [3.05, 3.63) is 81.9 Å². The number of fused-ring (bicyclic) bond motifs is 2. The van der Waals surface area contributed by atoms with Crippen LogP contribution in [0.3, 0.4) is 0 Å². The minimum atomic E-state index is -0.161. The van der Waals surface area contributed by atoms with Gasteiger partial charge in [-0.3, -0.25) is 4.79 Å². The van der Waals surface area contributed by atoms with Gasteiger partial charge in [-0.1, -0.05) is 24.3 Å². The quantitative estimate of drug-likeness (QED) is 0.287. The van der Waals surface area contributed by atoms with Gasteiger partial charge in [0.25, 0.3) is 0 Å². The van der Waals surface area contributed by atoms with Gasteiger partial charge in [0.15, 0.2) is 5.78 Å². The molecule has 0 saturated heterocycles. The third-order valence-corrected chi connectivity index (χ3v) is 6.96. The highest BCUT2D eigenvalue weighted by molar-refractivity contribution is 7.29. The second-order valence-corrected chi connectivity index (χ2v) is 8.57. The smallest absolute Gasteiger partial charge is 0.194 e. The molecule has 0 spiro atoms. The number of hydrogen-bond donors (Lipinski definition) is 0. The van der Waals surface area contributed by atoms with Gasteiger partial charge >= 0.3 is 0 Å². The first-order valence-corrected chi connectivity index (χ1v) is 10.3. The molecule has 0 amide bonds. The lowest BCUT2D eigenvalue weighted by Gasteiger charge is -2.01. The van der Waals surface area contributed by atoms with Gasteiger partial charge in [0.1, 0.15) is 23.5 Å². The van der Waals surface area contributed by atoms with E-state index in [1.165, 1.54) is 0 Å². The molecule has 0 N–H and O–H groups in total. The minimum Gasteiger partial charge on any atom is -0.464 e. The molecule has 136 valence electrons. The molecule has 0 atom stereocenters. The molecular weight excluding hydrogens is 400 g/mol. The fourth-order valence-corrected chi connectivity index (χ4v) is 5.77. The highest BCUT2D eigenvalue weighted by Gasteiger charge is 2.32. The van der Waals surface area contributed by atoms with Crippen molar-refractivity contribution in [1.82, 2.24) is 0 Å². The van der Waals surface area contributed by atoms with Gasteiger partial charge in [0, 0.05) is 31.0 Å². The average Bonchev–Trinajstić information content (AvgIpc) is 3.49. The van der Waals surface area contributed by atoms with E-state index in [4.69, 9.17) is 4.42 Å². The lowest BCUT2D eigenvalue weighted by Crippen LogP contribution is -1.95. The number of nitrogens with zero attached hydrogens (tertiary/aromatic N) is 2. The zero-order valence-corrected chi connectivity index (χ0v) is 16.4. The summed E-state index contributed by atoms with van der Waals surface area (Å²) in [6.07, 6.45) is 3.44. The number of furan rings is 1. The zero-order valence-electron chi connectivity index (χ0n) is 14.8. The number of rotatable bonds is 2. The lowest BCUT2D eigenvalue weighted by molar-refractivity contribution is 0.104. The van der Waals surface area contributed by atoms with Gasteiger partial charge in [0.05, 0.1) is 11.1 Å². The zero-order chi connectivity index (χ0) is 20.0. The number of hydrogen-bond acceptors (Lipinski definition) is 6. The summed E-state index contributed by atoms with van der Waals surface area (Å²) in [7, 11) is 0. The van der Waals surface area contributed by atoms with Crippen molar-refractivity contribution in [1.29, 1.82) is 10.5 Å². The van der Waals surface area contributed by atoms with Gasteiger partial charge in [-0.05, 0) is 35.9 Å². The first-order valence-electron chi connectivity index (χ1n) is 8.67. The minimum absolute atomic E-state index is 0.0481. The second-order valence-electron chi connectivity index (χ2n) is 6.37. The maximum absolute atomic E-state index is 13.0. The summed E-state index contributed by atoms with van der Waals surface area (Å²) in [6.45, 7) is 0. The Morgan fingerprint density at radius 3 is 2.41 bits per heavy atom. The monoisotopic (exact) mass is 410 g/mol. The van der Waals surface area contributed by atoms with Crippen molar-refractivity contribution in [2.45, 2.75) is 0 Å². The van der Waals surface area contributed by atoms with E-state index < -0.39 is 0 Å². The average molecular weight is 410 g/mol. The number of ketones is 1. The normalized spacial score (nSPS) is 14.2. The summed E-state index contributed by atoms with van der Waals surface area (Å²) in [5, 5.41) is 18.8. The van der Waals surface area contributed by atoms with E-state index in [1.54, 1.807) is 59.3 Å². The van der Waals surface area contributed by atoms with Crippen molar-refractivity contribution in [2.75, 3.05) is 0 Å². The van der Waals surface area contributed by atoms with E-state index in [0.29, 0.717) is 22.3 Å². The van der Waals surface area contributed by atoms with Crippen LogP contribution in [-0.2, 0) is 0 Å². The van der Waals surface area contributed by atoms with Crippen LogP contribution in [0.5, 0.6) is 0 Å². The molecular formula is C23H10N2O2S2. The summed E-state index contributed by atoms with van der Waals surface area (Å²) < 4.78 is 7.66. The molecule has 0 radical (unpaired) electrons. The molecule has 1 aliphatic rings. The molecule has 0 fully saturated rings. The van der Waals surface area contributed by atoms with Crippen molar-refractivity contribution in [2.24, 2.45) is 0 Å². The molecule has 29 heavy (non-hydrogen) atoms. The Labute approximate surface area is 173 Å². The van der Waals surface area contributed by atoms with E-state index in [9.17, 15) is 15.3 Å². The summed E-state index contributed by atoms with van der Waals surface area (Å²) in [5.74, 6) is 0.671. The maximum atomic E-state index is 13.0. The van der Waals surface area contributed by atoms with Crippen molar-refractivity contribution in [3.8, 4) is 22.8 Å². The van der Waals surface area contributed by atoms with Crippen LogP contribution in [0.2, 0.25) is 0 Å². The molecule has 0 aliphatic heterocycles. The van der Waals surface area contributed by atoms with E-state index in [0.717, 1.165) is 24.9 Å². The predicted octanol–water partition coefficient (Wildman–Crippen LogP) is 6.30. The third-order valence-electron chi connectivity index (χ3n) is 4.71. The van der Waals surface area contributed by atoms with E-state index in [-0.39, 0.29) is 11.4 Å². The number of carbonyl (C=O) groups is 1. The van der Waals surface area contributed by atoms with Crippen molar-refractivity contribution in [3.63, 3.8) is 0 Å². The highest BCUT2D eigenvalue weighted by Crippen LogP contribution is 2.43. The van der Waals surface area contributed by atoms with Gasteiger partial charge in [-0.2, -0.15) is 10.5 Å². The molecule has 1 aliphatic carbocycles. The molecule has 0 bridgehead atoms. The number of Topliss-reactive ketones (excluding diaryl/α,β-unsaturated/α-hetero) is 1. The Kier molecular flexibility index (Phi) is 4.03. The number of allylic oxidation sites excluding steroid dienone is 3. The van der Waals surface area contributed by atoms with Crippen molar-refractivity contribution < 1.29 is 9.21 Å². The Balaban J connectivity index is 1.63. The predicted molar refractivity (Wildman–Crippen MR) is 114 cm³/mol. The Morgan fingerprint density at radius 1 is 0.966 bits per heavy atom. The van der Waals surface area contributed by atoms with Crippen LogP contribution in [0.15, 0.2) is 70.4 Å². The number of benzene rings is 1. The first kappa shape index (κ1) is 17.4. The Bertz CT molecular complexity index is 1390. The lowest BCUT2D eigenvalue weighted by atomic mass is 9.99. The summed E-state index contributed by atoms with van der Waals surface area (Å²) in [6, 6.07) is 18.9. The topological polar surface area (TPSA) is 77.8 Å². The van der Waals surface area contributed by atoms with Crippen LogP contribution in [0.4, 0.5) is 0 Å². The summed E-state index contributed by atoms with van der Waals surface area (Å²) in [4.78, 5) is 14.9. The molecule has 4 aromatic rings. The van der Waals surface area contributed by atoms with Crippen LogP contribution in [0.1, 0.15) is 20.8 Å². The van der Waals surface area contributed by atoms with E-state index in [1.807, 2.05) is 30.3 Å². The SMILES string of the molecule is N#CC(C#N)=C1/C(=C/c2cc3sc(-c4ccco4)cc3s2)C(=O)c2ccccc21. The highest BCUT2D eigenvalue weighted by atomic mass is 32.1. The molecule has 4 nitrogen and oxygen atoms in total. The number of nitriles is 2. The molecule has 6 heteroatoms. The van der Waals surface area contributed by atoms with Gasteiger partial charge in [-0.15, -0.1) is 22.7 Å². The largest absolute Gasteiger partial charge is 0.464 e. The molecule has 0 unspecified atom stereocenters. The van der Waals surface area contributed by atoms with Crippen LogP contribution in [-0.4, -0.2) is 5.78 Å². The molecule has 1 aromatic carbocycles. The maximum Gasteiger partial charge on any atom is 0.194 e. The number of thiophene rings is 2. The van der Waals surface area contributed by atoms with Crippen molar-refractivity contribution >= 4 is 49.5 Å². The fraction of sp³-hybridized carbons (Fsp3) is 0. The van der Waals surface area contributed by atoms with E-state index in [2.05, 4.69) is 6.07 Å². The first-order chi connectivity index (χ1) is 14.2. The third kappa shape index (κ3) is 2.75. The van der Waals surface area contributed by atoms with Crippen LogP contribution < -0.4 is 0 Å². The standard InChI is InChI=1S/C23H10N2O2S2/c24-11-13(12-25)22-15-4-1-2-5-16(15)23(26)17(22)8-14-9-20-21(28-14)10-19(29-20)18-6-3-7-27-18/h1-10H/b17-8-. The summed E-state index contributed by atoms with van der Waals surface area (Å²) >= 11 is 3.19.